The van der Waals surface area contributed by atoms with Gasteiger partial charge in [-0.05, 0) is 24.3 Å². The van der Waals surface area contributed by atoms with Gasteiger partial charge in [0.25, 0.3) is 0 Å². The van der Waals surface area contributed by atoms with Crippen molar-refractivity contribution < 1.29 is 17.9 Å². The molecule has 0 heterocycles. The molecule has 0 saturated heterocycles. The highest BCUT2D eigenvalue weighted by Gasteiger charge is 2.22. The van der Waals surface area contributed by atoms with E-state index in [-0.39, 0.29) is 24.6 Å². The van der Waals surface area contributed by atoms with Crippen LogP contribution in [0.1, 0.15) is 0 Å². The standard InChI is InChI=1S/C11H14FNO3S/c1-2-7-13(8-9-14)17(15,16)11-5-3-10(12)4-6-11/h2-6,14H,1,7-9H2. The van der Waals surface area contributed by atoms with Crippen LogP contribution in [0, 0.1) is 5.82 Å². The topological polar surface area (TPSA) is 57.6 Å². The van der Waals surface area contributed by atoms with Crippen molar-refractivity contribution in [3.63, 3.8) is 0 Å². The van der Waals surface area contributed by atoms with Gasteiger partial charge in [0.1, 0.15) is 5.82 Å². The Morgan fingerprint density at radius 1 is 1.35 bits per heavy atom. The summed E-state index contributed by atoms with van der Waals surface area (Å²) in [5.74, 6) is -0.499. The van der Waals surface area contributed by atoms with Crippen molar-refractivity contribution in [2.24, 2.45) is 0 Å². The van der Waals surface area contributed by atoms with E-state index in [4.69, 9.17) is 5.11 Å². The number of sulfonamides is 1. The summed E-state index contributed by atoms with van der Waals surface area (Å²) in [5, 5.41) is 8.82. The summed E-state index contributed by atoms with van der Waals surface area (Å²) in [7, 11) is -3.71. The smallest absolute Gasteiger partial charge is 0.243 e. The van der Waals surface area contributed by atoms with Crippen LogP contribution in [0.15, 0.2) is 41.8 Å². The highest BCUT2D eigenvalue weighted by atomic mass is 32.2. The minimum Gasteiger partial charge on any atom is -0.395 e. The van der Waals surface area contributed by atoms with Gasteiger partial charge in [0.2, 0.25) is 10.0 Å². The number of hydrogen-bond donors (Lipinski definition) is 1. The highest BCUT2D eigenvalue weighted by molar-refractivity contribution is 7.89. The molecule has 1 N–H and O–H groups in total. The first-order valence-corrected chi connectivity index (χ1v) is 6.44. The highest BCUT2D eigenvalue weighted by Crippen LogP contribution is 2.15. The SMILES string of the molecule is C=CCN(CCO)S(=O)(=O)c1ccc(F)cc1. The van der Waals surface area contributed by atoms with Gasteiger partial charge in [-0.25, -0.2) is 12.8 Å². The van der Waals surface area contributed by atoms with Crippen molar-refractivity contribution in [1.82, 2.24) is 4.31 Å². The zero-order valence-corrected chi connectivity index (χ0v) is 10.0. The van der Waals surface area contributed by atoms with Gasteiger partial charge in [-0.1, -0.05) is 6.08 Å². The average Bonchev–Trinajstić information content (AvgIpc) is 2.29. The van der Waals surface area contributed by atoms with Gasteiger partial charge in [-0.2, -0.15) is 4.31 Å². The van der Waals surface area contributed by atoms with Gasteiger partial charge in [-0.15, -0.1) is 6.58 Å². The first-order chi connectivity index (χ1) is 8.02. The molecule has 0 spiro atoms. The van der Waals surface area contributed by atoms with Crippen molar-refractivity contribution in [3.05, 3.63) is 42.7 Å². The van der Waals surface area contributed by atoms with Crippen LogP contribution in [0.5, 0.6) is 0 Å². The first-order valence-electron chi connectivity index (χ1n) is 5.00. The zero-order chi connectivity index (χ0) is 12.9. The third kappa shape index (κ3) is 3.36. The number of hydrogen-bond acceptors (Lipinski definition) is 3. The monoisotopic (exact) mass is 259 g/mol. The van der Waals surface area contributed by atoms with Gasteiger partial charge >= 0.3 is 0 Å². The fourth-order valence-corrected chi connectivity index (χ4v) is 2.72. The summed E-state index contributed by atoms with van der Waals surface area (Å²) < 4.78 is 37.9. The third-order valence-electron chi connectivity index (χ3n) is 2.13. The lowest BCUT2D eigenvalue weighted by molar-refractivity contribution is 0.260. The molecule has 0 aliphatic rings. The van der Waals surface area contributed by atoms with Crippen LogP contribution in [0.2, 0.25) is 0 Å². The van der Waals surface area contributed by atoms with E-state index in [1.165, 1.54) is 18.2 Å². The van der Waals surface area contributed by atoms with Crippen LogP contribution in [-0.2, 0) is 10.0 Å². The van der Waals surface area contributed by atoms with E-state index >= 15 is 0 Å². The molecular weight excluding hydrogens is 245 g/mol. The van der Waals surface area contributed by atoms with Crippen molar-refractivity contribution in [2.45, 2.75) is 4.90 Å². The van der Waals surface area contributed by atoms with Crippen LogP contribution >= 0.6 is 0 Å². The minimum absolute atomic E-state index is 0.00537. The van der Waals surface area contributed by atoms with Crippen molar-refractivity contribution >= 4 is 10.0 Å². The molecule has 0 aromatic heterocycles. The first kappa shape index (κ1) is 13.8. The third-order valence-corrected chi connectivity index (χ3v) is 4.01. The molecule has 1 rings (SSSR count). The van der Waals surface area contributed by atoms with E-state index in [2.05, 4.69) is 6.58 Å². The van der Waals surface area contributed by atoms with Gasteiger partial charge in [0, 0.05) is 13.1 Å². The number of aliphatic hydroxyl groups excluding tert-OH is 1. The number of benzene rings is 1. The van der Waals surface area contributed by atoms with Crippen LogP contribution < -0.4 is 0 Å². The van der Waals surface area contributed by atoms with Gasteiger partial charge in [0.05, 0.1) is 11.5 Å². The van der Waals surface area contributed by atoms with Crippen LogP contribution in [0.4, 0.5) is 4.39 Å². The van der Waals surface area contributed by atoms with Gasteiger partial charge in [0.15, 0.2) is 0 Å². The molecule has 0 bridgehead atoms. The quantitative estimate of drug-likeness (QED) is 0.775. The van der Waals surface area contributed by atoms with Crippen LogP contribution in [0.3, 0.4) is 0 Å². The second kappa shape index (κ2) is 5.90. The molecule has 0 radical (unpaired) electrons. The molecule has 0 amide bonds. The van der Waals surface area contributed by atoms with Gasteiger partial charge in [-0.3, -0.25) is 0 Å². The van der Waals surface area contributed by atoms with Crippen LogP contribution in [-0.4, -0.2) is 37.5 Å². The predicted molar refractivity (Wildman–Crippen MR) is 62.4 cm³/mol. The van der Waals surface area contributed by atoms with E-state index in [0.29, 0.717) is 0 Å². The number of nitrogens with zero attached hydrogens (tertiary/aromatic N) is 1. The Hall–Kier alpha value is -1.24. The summed E-state index contributed by atoms with van der Waals surface area (Å²) in [6.45, 7) is 3.25. The molecule has 0 unspecified atom stereocenters. The molecule has 1 aromatic carbocycles. The second-order valence-electron chi connectivity index (χ2n) is 3.33. The Morgan fingerprint density at radius 2 is 1.94 bits per heavy atom. The van der Waals surface area contributed by atoms with Crippen LogP contribution in [0.25, 0.3) is 0 Å². The number of halogens is 1. The van der Waals surface area contributed by atoms with E-state index in [1.54, 1.807) is 0 Å². The lowest BCUT2D eigenvalue weighted by atomic mass is 10.4. The normalized spacial score (nSPS) is 11.7. The fourth-order valence-electron chi connectivity index (χ4n) is 1.32. The van der Waals surface area contributed by atoms with Crippen molar-refractivity contribution in [2.75, 3.05) is 19.7 Å². The maximum atomic E-state index is 12.7. The lowest BCUT2D eigenvalue weighted by Gasteiger charge is -2.19. The minimum atomic E-state index is -3.71. The maximum absolute atomic E-state index is 12.7. The number of rotatable bonds is 6. The number of aliphatic hydroxyl groups is 1. The second-order valence-corrected chi connectivity index (χ2v) is 5.27. The van der Waals surface area contributed by atoms with E-state index in [0.717, 1.165) is 16.4 Å². The summed E-state index contributed by atoms with van der Waals surface area (Å²) in [4.78, 5) is -0.00537. The Labute approximate surface area is 100 Å². The molecule has 0 aliphatic carbocycles. The largest absolute Gasteiger partial charge is 0.395 e. The molecule has 0 saturated carbocycles. The molecule has 0 fully saturated rings. The van der Waals surface area contributed by atoms with Crippen molar-refractivity contribution in [3.8, 4) is 0 Å². The van der Waals surface area contributed by atoms with Gasteiger partial charge < -0.3 is 5.11 Å². The average molecular weight is 259 g/mol. The van der Waals surface area contributed by atoms with E-state index in [1.807, 2.05) is 0 Å². The van der Waals surface area contributed by atoms with Crippen molar-refractivity contribution in [1.29, 1.82) is 0 Å². The lowest BCUT2D eigenvalue weighted by Crippen LogP contribution is -2.33. The summed E-state index contributed by atoms with van der Waals surface area (Å²) in [6.07, 6.45) is 1.43. The van der Waals surface area contributed by atoms with E-state index < -0.39 is 15.8 Å². The maximum Gasteiger partial charge on any atom is 0.243 e. The Morgan fingerprint density at radius 3 is 2.41 bits per heavy atom. The summed E-state index contributed by atoms with van der Waals surface area (Å²) in [6, 6.07) is 4.55. The molecule has 4 nitrogen and oxygen atoms in total. The molecule has 0 aliphatic heterocycles. The summed E-state index contributed by atoms with van der Waals surface area (Å²) >= 11 is 0. The molecule has 94 valence electrons. The fraction of sp³-hybridized carbons (Fsp3) is 0.273. The predicted octanol–water partition coefficient (Wildman–Crippen LogP) is 0.995. The molecule has 0 atom stereocenters. The Balaban J connectivity index is 3.06. The zero-order valence-electron chi connectivity index (χ0n) is 9.21. The molecular formula is C11H14FNO3S. The molecule has 17 heavy (non-hydrogen) atoms. The molecule has 6 heteroatoms. The molecule has 1 aromatic rings. The Kier molecular flexibility index (Phi) is 4.80. The summed E-state index contributed by atoms with van der Waals surface area (Å²) in [5.41, 5.74) is 0. The Bertz CT molecular complexity index is 470. The van der Waals surface area contributed by atoms with E-state index in [9.17, 15) is 12.8 Å².